The van der Waals surface area contributed by atoms with E-state index in [4.69, 9.17) is 5.73 Å². The molecule has 5 nitrogen and oxygen atoms in total. The maximum Gasteiger partial charge on any atom is 0.263 e. The number of likely N-dealkylation sites (N-methyl/N-ethyl adjacent to an activating group) is 1. The molecule has 3 N–H and O–H groups in total. The summed E-state index contributed by atoms with van der Waals surface area (Å²) in [5.74, 6) is 0.391. The third-order valence-corrected chi connectivity index (χ3v) is 3.91. The van der Waals surface area contributed by atoms with Crippen molar-refractivity contribution < 1.29 is 4.79 Å². The molecule has 6 heteroatoms. The van der Waals surface area contributed by atoms with Gasteiger partial charge in [-0.2, -0.15) is 0 Å². The van der Waals surface area contributed by atoms with Crippen molar-refractivity contribution in [2.75, 3.05) is 26.4 Å². The average Bonchev–Trinajstić information content (AvgIpc) is 2.56. The smallest absolute Gasteiger partial charge is 0.263 e. The molecule has 0 saturated carbocycles. The second-order valence-corrected chi connectivity index (χ2v) is 5.98. The lowest BCUT2D eigenvalue weighted by Gasteiger charge is -2.27. The number of nitrogens with two attached hydrogens (primary N) is 1. The van der Waals surface area contributed by atoms with Crippen molar-refractivity contribution in [3.63, 3.8) is 0 Å². The van der Waals surface area contributed by atoms with Gasteiger partial charge in [-0.25, -0.2) is 4.98 Å². The molecule has 0 bridgehead atoms. The Morgan fingerprint density at radius 2 is 2.11 bits per heavy atom. The summed E-state index contributed by atoms with van der Waals surface area (Å²) in [6.45, 7) is 6.72. The number of aromatic nitrogens is 1. The van der Waals surface area contributed by atoms with Gasteiger partial charge in [0.05, 0.1) is 5.69 Å². The van der Waals surface area contributed by atoms with Crippen LogP contribution < -0.4 is 11.1 Å². The number of hydrogen-bond acceptors (Lipinski definition) is 5. The first-order valence-electron chi connectivity index (χ1n) is 6.00. The zero-order chi connectivity index (χ0) is 13.9. The molecule has 0 saturated heterocycles. The molecule has 1 rings (SSSR count). The maximum atomic E-state index is 12.0. The first-order chi connectivity index (χ1) is 8.32. The van der Waals surface area contributed by atoms with Crippen LogP contribution >= 0.6 is 11.3 Å². The van der Waals surface area contributed by atoms with Gasteiger partial charge < -0.3 is 16.0 Å². The van der Waals surface area contributed by atoms with Crippen LogP contribution in [0.1, 0.15) is 29.2 Å². The van der Waals surface area contributed by atoms with Crippen LogP contribution in [-0.2, 0) is 0 Å². The Labute approximate surface area is 112 Å². The summed E-state index contributed by atoms with van der Waals surface area (Å²) in [6.07, 6.45) is 0. The quantitative estimate of drug-likeness (QED) is 0.847. The average molecular weight is 270 g/mol. The topological polar surface area (TPSA) is 71.2 Å². The van der Waals surface area contributed by atoms with Gasteiger partial charge in [-0.05, 0) is 26.9 Å². The van der Waals surface area contributed by atoms with Crippen LogP contribution in [0, 0.1) is 12.8 Å². The molecule has 0 spiro atoms. The monoisotopic (exact) mass is 270 g/mol. The Kier molecular flexibility index (Phi) is 5.10. The van der Waals surface area contributed by atoms with Crippen LogP contribution in [0.25, 0.3) is 0 Å². The van der Waals surface area contributed by atoms with E-state index in [0.717, 1.165) is 0 Å². The summed E-state index contributed by atoms with van der Waals surface area (Å²) >= 11 is 1.23. The van der Waals surface area contributed by atoms with E-state index in [9.17, 15) is 4.79 Å². The van der Waals surface area contributed by atoms with E-state index in [0.29, 0.717) is 34.2 Å². The molecule has 1 heterocycles. The SMILES string of the molecule is Cc1nc(N)sc1C(=O)NCC(C(C)C)N(C)C. The normalized spacial score (nSPS) is 13.1. The largest absolute Gasteiger partial charge is 0.375 e. The Bertz CT molecular complexity index is 406. The van der Waals surface area contributed by atoms with Gasteiger partial charge in [0, 0.05) is 12.6 Å². The van der Waals surface area contributed by atoms with E-state index >= 15 is 0 Å². The van der Waals surface area contributed by atoms with Crippen molar-refractivity contribution in [1.29, 1.82) is 0 Å². The molecule has 1 aromatic rings. The molecule has 0 aliphatic rings. The molecular formula is C12H22N4OS. The Morgan fingerprint density at radius 1 is 1.50 bits per heavy atom. The van der Waals surface area contributed by atoms with E-state index in [1.807, 2.05) is 14.1 Å². The fourth-order valence-electron chi connectivity index (χ4n) is 1.92. The van der Waals surface area contributed by atoms with Crippen molar-refractivity contribution >= 4 is 22.4 Å². The first kappa shape index (κ1) is 14.9. The number of amides is 1. The second-order valence-electron chi connectivity index (χ2n) is 4.95. The lowest BCUT2D eigenvalue weighted by atomic mass is 10.0. The van der Waals surface area contributed by atoms with Crippen LogP contribution in [0.5, 0.6) is 0 Å². The molecule has 0 aliphatic carbocycles. The molecule has 0 aromatic carbocycles. The van der Waals surface area contributed by atoms with Crippen LogP contribution in [0.15, 0.2) is 0 Å². The molecular weight excluding hydrogens is 248 g/mol. The number of thiazole rings is 1. The molecule has 102 valence electrons. The molecule has 1 atom stereocenters. The number of carbonyl (C=O) groups is 1. The van der Waals surface area contributed by atoms with Gasteiger partial charge in [0.2, 0.25) is 0 Å². The highest BCUT2D eigenvalue weighted by Crippen LogP contribution is 2.19. The standard InChI is InChI=1S/C12H22N4OS/c1-7(2)9(16(4)5)6-14-11(17)10-8(3)15-12(13)18-10/h7,9H,6H2,1-5H3,(H2,13,15)(H,14,17). The third-order valence-electron chi connectivity index (χ3n) is 2.92. The van der Waals surface area contributed by atoms with Gasteiger partial charge in [0.25, 0.3) is 5.91 Å². The molecule has 0 aliphatic heterocycles. The molecule has 18 heavy (non-hydrogen) atoms. The van der Waals surface area contributed by atoms with E-state index < -0.39 is 0 Å². The number of aryl methyl sites for hydroxylation is 1. The molecule has 0 radical (unpaired) electrons. The summed E-state index contributed by atoms with van der Waals surface area (Å²) < 4.78 is 0. The predicted octanol–water partition coefficient (Wildman–Crippen LogP) is 1.35. The minimum absolute atomic E-state index is 0.0887. The number of anilines is 1. The van der Waals surface area contributed by atoms with E-state index in [2.05, 4.69) is 29.0 Å². The van der Waals surface area contributed by atoms with Crippen molar-refractivity contribution in [3.8, 4) is 0 Å². The number of carbonyl (C=O) groups excluding carboxylic acids is 1. The second kappa shape index (κ2) is 6.15. The predicted molar refractivity (Wildman–Crippen MR) is 75.9 cm³/mol. The van der Waals surface area contributed by atoms with Crippen LogP contribution in [0.2, 0.25) is 0 Å². The lowest BCUT2D eigenvalue weighted by molar-refractivity contribution is 0.0938. The third kappa shape index (κ3) is 3.68. The highest BCUT2D eigenvalue weighted by Gasteiger charge is 2.19. The van der Waals surface area contributed by atoms with Crippen LogP contribution in [0.3, 0.4) is 0 Å². The lowest BCUT2D eigenvalue weighted by Crippen LogP contribution is -2.43. The van der Waals surface area contributed by atoms with Gasteiger partial charge >= 0.3 is 0 Å². The van der Waals surface area contributed by atoms with Gasteiger partial charge in [0.15, 0.2) is 5.13 Å². The van der Waals surface area contributed by atoms with Gasteiger partial charge in [0.1, 0.15) is 4.88 Å². The van der Waals surface area contributed by atoms with E-state index in [1.54, 1.807) is 6.92 Å². The Balaban J connectivity index is 2.63. The van der Waals surface area contributed by atoms with Crippen molar-refractivity contribution in [3.05, 3.63) is 10.6 Å². The summed E-state index contributed by atoms with van der Waals surface area (Å²) in [5.41, 5.74) is 6.28. The Hall–Kier alpha value is -1.14. The highest BCUT2D eigenvalue weighted by molar-refractivity contribution is 7.17. The minimum Gasteiger partial charge on any atom is -0.375 e. The summed E-state index contributed by atoms with van der Waals surface area (Å²) in [7, 11) is 4.04. The summed E-state index contributed by atoms with van der Waals surface area (Å²) in [4.78, 5) is 18.8. The number of rotatable bonds is 5. The van der Waals surface area contributed by atoms with Crippen molar-refractivity contribution in [2.24, 2.45) is 5.92 Å². The van der Waals surface area contributed by atoms with Crippen molar-refractivity contribution in [2.45, 2.75) is 26.8 Å². The molecule has 1 unspecified atom stereocenters. The summed E-state index contributed by atoms with van der Waals surface area (Å²) in [5, 5.41) is 3.39. The first-order valence-corrected chi connectivity index (χ1v) is 6.82. The maximum absolute atomic E-state index is 12.0. The van der Waals surface area contributed by atoms with Gasteiger partial charge in [-0.15, -0.1) is 0 Å². The minimum atomic E-state index is -0.0887. The molecule has 1 amide bonds. The van der Waals surface area contributed by atoms with Gasteiger partial charge in [-0.3, -0.25) is 4.79 Å². The highest BCUT2D eigenvalue weighted by atomic mass is 32.1. The fraction of sp³-hybridized carbons (Fsp3) is 0.667. The van der Waals surface area contributed by atoms with Gasteiger partial charge in [-0.1, -0.05) is 25.2 Å². The zero-order valence-electron chi connectivity index (χ0n) is 11.7. The van der Waals surface area contributed by atoms with Crippen molar-refractivity contribution in [1.82, 2.24) is 15.2 Å². The number of nitrogens with one attached hydrogen (secondary N) is 1. The van der Waals surface area contributed by atoms with E-state index in [-0.39, 0.29) is 5.91 Å². The number of nitrogen functional groups attached to an aromatic ring is 1. The van der Waals surface area contributed by atoms with E-state index in [1.165, 1.54) is 11.3 Å². The van der Waals surface area contributed by atoms with Crippen LogP contribution in [-0.4, -0.2) is 42.5 Å². The number of nitrogens with zero attached hydrogens (tertiary/aromatic N) is 2. The molecule has 1 aromatic heterocycles. The Morgan fingerprint density at radius 3 is 2.50 bits per heavy atom. The molecule has 0 fully saturated rings. The van der Waals surface area contributed by atoms with Crippen LogP contribution in [0.4, 0.5) is 5.13 Å². The number of hydrogen-bond donors (Lipinski definition) is 2. The zero-order valence-corrected chi connectivity index (χ0v) is 12.5. The fourth-order valence-corrected chi connectivity index (χ4v) is 2.67. The summed E-state index contributed by atoms with van der Waals surface area (Å²) in [6, 6.07) is 0.319.